The van der Waals surface area contributed by atoms with Crippen LogP contribution >= 0.6 is 15.9 Å². The Balaban J connectivity index is 1.63. The maximum atomic E-state index is 11.9. The van der Waals surface area contributed by atoms with Crippen molar-refractivity contribution in [3.05, 3.63) is 34.3 Å². The highest BCUT2D eigenvalue weighted by Gasteiger charge is 2.05. The fourth-order valence-corrected chi connectivity index (χ4v) is 2.28. The van der Waals surface area contributed by atoms with Gasteiger partial charge in [0.25, 0.3) is 5.91 Å². The van der Waals surface area contributed by atoms with Crippen molar-refractivity contribution in [3.63, 3.8) is 0 Å². The first-order chi connectivity index (χ1) is 9.75. The van der Waals surface area contributed by atoms with Crippen LogP contribution in [0.25, 0.3) is 0 Å². The van der Waals surface area contributed by atoms with E-state index in [9.17, 15) is 4.79 Å². The second kappa shape index (κ2) is 7.89. The molecule has 0 aliphatic carbocycles. The van der Waals surface area contributed by atoms with Crippen LogP contribution in [0.5, 0.6) is 0 Å². The summed E-state index contributed by atoms with van der Waals surface area (Å²) >= 11 is 3.36. The molecular formula is C14H19BrN4O. The van der Waals surface area contributed by atoms with Crippen LogP contribution in [0.2, 0.25) is 0 Å². The number of aliphatic imine (C=N–C) groups is 1. The van der Waals surface area contributed by atoms with Gasteiger partial charge in [-0.2, -0.15) is 0 Å². The number of carbonyl (C=O) groups is 1. The van der Waals surface area contributed by atoms with E-state index >= 15 is 0 Å². The van der Waals surface area contributed by atoms with Crippen molar-refractivity contribution in [1.29, 1.82) is 0 Å². The Kier molecular flexibility index (Phi) is 5.86. The summed E-state index contributed by atoms with van der Waals surface area (Å²) in [7, 11) is 0. The predicted octanol–water partition coefficient (Wildman–Crippen LogP) is 1.51. The Morgan fingerprint density at radius 1 is 1.40 bits per heavy atom. The zero-order valence-corrected chi connectivity index (χ0v) is 12.9. The Labute approximate surface area is 127 Å². The van der Waals surface area contributed by atoms with E-state index in [-0.39, 0.29) is 5.91 Å². The number of guanidine groups is 1. The maximum absolute atomic E-state index is 11.9. The molecule has 5 nitrogen and oxygen atoms in total. The number of benzene rings is 1. The minimum atomic E-state index is -0.0422. The molecule has 0 unspecified atom stereocenters. The van der Waals surface area contributed by atoms with Crippen molar-refractivity contribution in [3.8, 4) is 0 Å². The second-order valence-electron chi connectivity index (χ2n) is 4.56. The quantitative estimate of drug-likeness (QED) is 0.713. The summed E-state index contributed by atoms with van der Waals surface area (Å²) < 4.78 is 0.910. The van der Waals surface area contributed by atoms with Gasteiger partial charge in [0.2, 0.25) is 0 Å². The molecule has 2 rings (SSSR count). The largest absolute Gasteiger partial charge is 0.356 e. The van der Waals surface area contributed by atoms with Gasteiger partial charge in [0.1, 0.15) is 0 Å². The van der Waals surface area contributed by atoms with Crippen LogP contribution in [0.15, 0.2) is 33.7 Å². The fraction of sp³-hybridized carbons (Fsp3) is 0.429. The summed E-state index contributed by atoms with van der Waals surface area (Å²) in [4.78, 5) is 16.2. The van der Waals surface area contributed by atoms with Crippen LogP contribution in [-0.4, -0.2) is 38.0 Å². The summed E-state index contributed by atoms with van der Waals surface area (Å²) in [6, 6.07) is 7.37. The van der Waals surface area contributed by atoms with Crippen molar-refractivity contribution >= 4 is 27.8 Å². The predicted molar refractivity (Wildman–Crippen MR) is 84.0 cm³/mol. The molecular weight excluding hydrogens is 320 g/mol. The normalized spacial score (nSPS) is 14.2. The Morgan fingerprint density at radius 3 is 3.05 bits per heavy atom. The Hall–Kier alpha value is -1.56. The third kappa shape index (κ3) is 4.85. The summed E-state index contributed by atoms with van der Waals surface area (Å²) in [5, 5.41) is 9.33. The van der Waals surface area contributed by atoms with Gasteiger partial charge in [-0.1, -0.05) is 22.0 Å². The molecule has 1 heterocycles. The van der Waals surface area contributed by atoms with Crippen molar-refractivity contribution in [2.75, 3.05) is 26.2 Å². The molecule has 6 heteroatoms. The third-order valence-electron chi connectivity index (χ3n) is 2.92. The minimum Gasteiger partial charge on any atom is -0.356 e. The second-order valence-corrected chi connectivity index (χ2v) is 5.47. The number of hydrogen-bond donors (Lipinski definition) is 3. The summed E-state index contributed by atoms with van der Waals surface area (Å²) in [6.07, 6.45) is 1.95. The van der Waals surface area contributed by atoms with Gasteiger partial charge < -0.3 is 16.0 Å². The third-order valence-corrected chi connectivity index (χ3v) is 3.41. The molecule has 0 bridgehead atoms. The molecule has 1 aliphatic heterocycles. The summed E-state index contributed by atoms with van der Waals surface area (Å²) in [5.41, 5.74) is 0.672. The lowest BCUT2D eigenvalue weighted by molar-refractivity contribution is 0.0953. The van der Waals surface area contributed by atoms with E-state index < -0.39 is 0 Å². The van der Waals surface area contributed by atoms with E-state index in [1.165, 1.54) is 0 Å². The molecule has 108 valence electrons. The number of nitrogens with one attached hydrogen (secondary N) is 3. The van der Waals surface area contributed by atoms with Crippen molar-refractivity contribution in [1.82, 2.24) is 16.0 Å². The fourth-order valence-electron chi connectivity index (χ4n) is 1.88. The number of rotatable bonds is 5. The van der Waals surface area contributed by atoms with Gasteiger partial charge in [-0.05, 0) is 31.0 Å². The molecule has 0 spiro atoms. The van der Waals surface area contributed by atoms with E-state index in [1.54, 1.807) is 6.07 Å². The highest BCUT2D eigenvalue weighted by molar-refractivity contribution is 9.10. The molecule has 0 fully saturated rings. The van der Waals surface area contributed by atoms with Gasteiger partial charge in [0.05, 0.1) is 0 Å². The van der Waals surface area contributed by atoms with Crippen LogP contribution in [0.1, 0.15) is 23.2 Å². The van der Waals surface area contributed by atoms with Crippen molar-refractivity contribution < 1.29 is 4.79 Å². The zero-order valence-electron chi connectivity index (χ0n) is 11.3. The van der Waals surface area contributed by atoms with E-state index in [0.717, 1.165) is 42.9 Å². The van der Waals surface area contributed by atoms with E-state index in [2.05, 4.69) is 36.9 Å². The highest BCUT2D eigenvalue weighted by atomic mass is 79.9. The molecule has 1 aliphatic rings. The highest BCUT2D eigenvalue weighted by Crippen LogP contribution is 2.11. The van der Waals surface area contributed by atoms with Gasteiger partial charge in [-0.25, -0.2) is 0 Å². The molecule has 0 atom stereocenters. The molecule has 0 saturated heterocycles. The van der Waals surface area contributed by atoms with Crippen LogP contribution in [-0.2, 0) is 0 Å². The topological polar surface area (TPSA) is 65.5 Å². The average molecular weight is 339 g/mol. The lowest BCUT2D eigenvalue weighted by Crippen LogP contribution is -2.41. The maximum Gasteiger partial charge on any atom is 0.251 e. The Morgan fingerprint density at radius 2 is 2.30 bits per heavy atom. The van der Waals surface area contributed by atoms with Gasteiger partial charge in [0, 0.05) is 36.2 Å². The van der Waals surface area contributed by atoms with Gasteiger partial charge >= 0.3 is 0 Å². The van der Waals surface area contributed by atoms with Crippen LogP contribution < -0.4 is 16.0 Å². The molecule has 0 radical (unpaired) electrons. The number of halogens is 1. The molecule has 0 saturated carbocycles. The number of amides is 1. The number of nitrogens with zero attached hydrogens (tertiary/aromatic N) is 1. The first-order valence-corrected chi connectivity index (χ1v) is 7.61. The minimum absolute atomic E-state index is 0.0422. The molecule has 1 aromatic rings. The average Bonchev–Trinajstić information content (AvgIpc) is 2.48. The van der Waals surface area contributed by atoms with Crippen LogP contribution in [0.4, 0.5) is 0 Å². The molecule has 1 aromatic carbocycles. The van der Waals surface area contributed by atoms with E-state index in [0.29, 0.717) is 12.1 Å². The van der Waals surface area contributed by atoms with Gasteiger partial charge in [-0.15, -0.1) is 0 Å². The van der Waals surface area contributed by atoms with E-state index in [1.807, 2.05) is 18.2 Å². The van der Waals surface area contributed by atoms with E-state index in [4.69, 9.17) is 0 Å². The lowest BCUT2D eigenvalue weighted by atomic mass is 10.2. The first-order valence-electron chi connectivity index (χ1n) is 6.81. The molecule has 1 amide bonds. The molecule has 20 heavy (non-hydrogen) atoms. The van der Waals surface area contributed by atoms with Gasteiger partial charge in [-0.3, -0.25) is 9.79 Å². The molecule has 0 aromatic heterocycles. The monoisotopic (exact) mass is 338 g/mol. The Bertz CT molecular complexity index is 490. The summed E-state index contributed by atoms with van der Waals surface area (Å²) in [5.74, 6) is 0.828. The summed E-state index contributed by atoms with van der Waals surface area (Å²) in [6.45, 7) is 3.30. The SMILES string of the molecule is O=C(NCCCNC1=NCCCN1)c1cccc(Br)c1. The first kappa shape index (κ1) is 14.8. The lowest BCUT2D eigenvalue weighted by Gasteiger charge is -2.15. The van der Waals surface area contributed by atoms with Crippen LogP contribution in [0, 0.1) is 0 Å². The number of hydrogen-bond acceptors (Lipinski definition) is 4. The smallest absolute Gasteiger partial charge is 0.251 e. The number of carbonyl (C=O) groups excluding carboxylic acids is 1. The zero-order chi connectivity index (χ0) is 14.2. The molecule has 3 N–H and O–H groups in total. The van der Waals surface area contributed by atoms with Crippen LogP contribution in [0.3, 0.4) is 0 Å². The van der Waals surface area contributed by atoms with Crippen molar-refractivity contribution in [2.24, 2.45) is 4.99 Å². The standard InChI is InChI=1S/C14H19BrN4O/c15-12-5-1-4-11(10-12)13(20)16-6-2-7-17-14-18-8-3-9-19-14/h1,4-5,10H,2-3,6-9H2,(H,16,20)(H2,17,18,19). The van der Waals surface area contributed by atoms with Gasteiger partial charge in [0.15, 0.2) is 5.96 Å². The van der Waals surface area contributed by atoms with Crippen molar-refractivity contribution in [2.45, 2.75) is 12.8 Å².